The molecule has 0 aromatic heterocycles. The van der Waals surface area contributed by atoms with E-state index in [4.69, 9.17) is 14.2 Å². The number of carboxylic acid groups (broad SMARTS) is 1. The molecule has 29 heavy (non-hydrogen) atoms. The number of nitrogens with one attached hydrogen (secondary N) is 1. The average molecular weight is 400 g/mol. The number of esters is 1. The zero-order valence-corrected chi connectivity index (χ0v) is 16.1. The summed E-state index contributed by atoms with van der Waals surface area (Å²) in [4.78, 5) is 37.7. The number of hydrogen-bond acceptors (Lipinski definition) is 7. The number of rotatable bonds is 6. The summed E-state index contributed by atoms with van der Waals surface area (Å²) in [6.45, 7) is 1.60. The second kappa shape index (κ2) is 8.09. The molecule has 0 atom stereocenters. The van der Waals surface area contributed by atoms with Gasteiger partial charge in [-0.05, 0) is 24.6 Å². The van der Waals surface area contributed by atoms with Gasteiger partial charge < -0.3 is 29.5 Å². The fourth-order valence-corrected chi connectivity index (χ4v) is 3.02. The lowest BCUT2D eigenvalue weighted by atomic mass is 10.1. The molecule has 0 aliphatic carbocycles. The number of nitrogens with zero attached hydrogens (tertiary/aromatic N) is 1. The van der Waals surface area contributed by atoms with Gasteiger partial charge in [-0.1, -0.05) is 6.07 Å². The van der Waals surface area contributed by atoms with E-state index in [-0.39, 0.29) is 35.8 Å². The van der Waals surface area contributed by atoms with E-state index < -0.39 is 17.8 Å². The molecule has 9 heteroatoms. The van der Waals surface area contributed by atoms with Crippen LogP contribution < -0.4 is 24.4 Å². The number of fused-ring (bicyclic) bond motifs is 1. The van der Waals surface area contributed by atoms with Crippen LogP contribution >= 0.6 is 0 Å². The topological polar surface area (TPSA) is 114 Å². The van der Waals surface area contributed by atoms with Crippen molar-refractivity contribution in [2.45, 2.75) is 6.92 Å². The summed E-state index contributed by atoms with van der Waals surface area (Å²) in [6, 6.07) is 7.98. The van der Waals surface area contributed by atoms with Crippen molar-refractivity contribution >= 4 is 29.2 Å². The summed E-state index contributed by atoms with van der Waals surface area (Å²) in [5, 5.41) is 12.0. The normalized spacial score (nSPS) is 12.7. The highest BCUT2D eigenvalue weighted by molar-refractivity contribution is 6.03. The van der Waals surface area contributed by atoms with Crippen LogP contribution in [0.3, 0.4) is 0 Å². The molecular formula is C20H20N2O7. The molecule has 2 aromatic carbocycles. The molecule has 0 spiro atoms. The first-order valence-corrected chi connectivity index (χ1v) is 8.67. The smallest absolute Gasteiger partial charge is 0.337 e. The Morgan fingerprint density at radius 2 is 1.86 bits per heavy atom. The van der Waals surface area contributed by atoms with Gasteiger partial charge in [0.05, 0.1) is 37.7 Å². The van der Waals surface area contributed by atoms with Crippen LogP contribution in [-0.4, -0.2) is 50.3 Å². The van der Waals surface area contributed by atoms with Crippen molar-refractivity contribution in [3.05, 3.63) is 41.5 Å². The first-order chi connectivity index (χ1) is 13.8. The number of aryl methyl sites for hydroxylation is 1. The van der Waals surface area contributed by atoms with Crippen molar-refractivity contribution < 1.29 is 33.7 Å². The number of carboxylic acids is 1. The van der Waals surface area contributed by atoms with Gasteiger partial charge in [-0.25, -0.2) is 9.59 Å². The number of amides is 1. The van der Waals surface area contributed by atoms with E-state index in [0.29, 0.717) is 11.4 Å². The van der Waals surface area contributed by atoms with Crippen LogP contribution in [0.5, 0.6) is 17.2 Å². The fourth-order valence-electron chi connectivity index (χ4n) is 3.02. The highest BCUT2D eigenvalue weighted by atomic mass is 16.5. The minimum absolute atomic E-state index is 0.0591. The van der Waals surface area contributed by atoms with Gasteiger partial charge >= 0.3 is 11.9 Å². The predicted octanol–water partition coefficient (Wildman–Crippen LogP) is 2.07. The Labute approximate surface area is 166 Å². The second-order valence-corrected chi connectivity index (χ2v) is 6.41. The minimum Gasteiger partial charge on any atom is -0.493 e. The number of anilines is 2. The molecule has 1 aliphatic heterocycles. The Kier molecular flexibility index (Phi) is 5.58. The number of benzene rings is 2. The van der Waals surface area contributed by atoms with Crippen molar-refractivity contribution in [1.82, 2.24) is 0 Å². The number of hydrogen-bond donors (Lipinski definition) is 2. The predicted molar refractivity (Wildman–Crippen MR) is 104 cm³/mol. The summed E-state index contributed by atoms with van der Waals surface area (Å²) in [5.74, 6) is -1.33. The van der Waals surface area contributed by atoms with Crippen molar-refractivity contribution in [1.29, 1.82) is 0 Å². The van der Waals surface area contributed by atoms with E-state index in [9.17, 15) is 19.5 Å². The van der Waals surface area contributed by atoms with Gasteiger partial charge in [0.15, 0.2) is 17.2 Å². The van der Waals surface area contributed by atoms with Crippen LogP contribution in [0, 0.1) is 6.92 Å². The third-order valence-corrected chi connectivity index (χ3v) is 4.36. The maximum atomic E-state index is 12.6. The lowest BCUT2D eigenvalue weighted by Gasteiger charge is -2.29. The molecule has 0 radical (unpaired) electrons. The summed E-state index contributed by atoms with van der Waals surface area (Å²) in [7, 11) is 2.79. The van der Waals surface area contributed by atoms with Crippen LogP contribution in [0.1, 0.15) is 15.9 Å². The zero-order chi connectivity index (χ0) is 21.1. The molecular weight excluding hydrogens is 380 g/mol. The lowest BCUT2D eigenvalue weighted by molar-refractivity contribution is -0.133. The molecule has 2 N–H and O–H groups in total. The molecule has 0 unspecified atom stereocenters. The lowest BCUT2D eigenvalue weighted by Crippen LogP contribution is -2.41. The molecule has 9 nitrogen and oxygen atoms in total. The number of methoxy groups -OCH3 is 2. The highest BCUT2D eigenvalue weighted by Crippen LogP contribution is 2.34. The van der Waals surface area contributed by atoms with E-state index in [0.717, 1.165) is 5.56 Å². The molecule has 0 bridgehead atoms. The first-order valence-electron chi connectivity index (χ1n) is 8.67. The first kappa shape index (κ1) is 20.0. The summed E-state index contributed by atoms with van der Waals surface area (Å²) >= 11 is 0. The van der Waals surface area contributed by atoms with Gasteiger partial charge in [-0.15, -0.1) is 0 Å². The van der Waals surface area contributed by atoms with Crippen LogP contribution in [0.2, 0.25) is 0 Å². The highest BCUT2D eigenvalue weighted by Gasteiger charge is 2.26. The van der Waals surface area contributed by atoms with Gasteiger partial charge in [0.2, 0.25) is 5.91 Å². The van der Waals surface area contributed by atoms with E-state index >= 15 is 0 Å². The maximum Gasteiger partial charge on any atom is 0.337 e. The summed E-state index contributed by atoms with van der Waals surface area (Å²) < 4.78 is 15.5. The maximum absolute atomic E-state index is 12.6. The van der Waals surface area contributed by atoms with Crippen LogP contribution in [0.25, 0.3) is 0 Å². The summed E-state index contributed by atoms with van der Waals surface area (Å²) in [6.07, 6.45) is 0. The monoisotopic (exact) mass is 400 g/mol. The Balaban J connectivity index is 1.85. The van der Waals surface area contributed by atoms with E-state index in [1.54, 1.807) is 17.0 Å². The van der Waals surface area contributed by atoms with Crippen molar-refractivity contribution in [2.24, 2.45) is 0 Å². The molecule has 152 valence electrons. The quantitative estimate of drug-likeness (QED) is 0.560. The molecule has 1 aliphatic rings. The van der Waals surface area contributed by atoms with E-state index in [1.807, 2.05) is 13.0 Å². The Morgan fingerprint density at radius 1 is 1.17 bits per heavy atom. The number of ether oxygens (including phenoxy) is 3. The van der Waals surface area contributed by atoms with Crippen molar-refractivity contribution in [2.75, 3.05) is 37.5 Å². The van der Waals surface area contributed by atoms with Gasteiger partial charge in [-0.3, -0.25) is 4.79 Å². The molecule has 1 amide bonds. The third-order valence-electron chi connectivity index (χ3n) is 4.36. The molecule has 1 heterocycles. The third kappa shape index (κ3) is 4.23. The van der Waals surface area contributed by atoms with Crippen LogP contribution in [0.4, 0.5) is 11.4 Å². The molecule has 2 aromatic rings. The van der Waals surface area contributed by atoms with Crippen molar-refractivity contribution in [3.63, 3.8) is 0 Å². The van der Waals surface area contributed by atoms with Crippen molar-refractivity contribution in [3.8, 4) is 17.2 Å². The Bertz CT molecular complexity index is 987. The Hall–Kier alpha value is -3.75. The zero-order valence-electron chi connectivity index (χ0n) is 16.1. The number of aromatic carboxylic acids is 1. The minimum atomic E-state index is -1.23. The molecule has 0 saturated carbocycles. The molecule has 0 fully saturated rings. The van der Waals surface area contributed by atoms with Gasteiger partial charge in [-0.2, -0.15) is 0 Å². The SMILES string of the molecule is COc1cc(NC(=O)CN2CC(=O)Oc3cc(C)ccc32)c(C(=O)O)cc1OC. The van der Waals surface area contributed by atoms with Gasteiger partial charge in [0.25, 0.3) is 0 Å². The van der Waals surface area contributed by atoms with Crippen LogP contribution in [0.15, 0.2) is 30.3 Å². The standard InChI is InChI=1S/C20H20N2O7/c1-11-4-5-14-15(6-11)29-19(24)10-22(14)9-18(23)21-13-8-17(28-3)16(27-2)7-12(13)20(25)26/h4-8H,9-10H2,1-3H3,(H,21,23)(H,25,26). The molecule has 0 saturated heterocycles. The molecule has 3 rings (SSSR count). The second-order valence-electron chi connectivity index (χ2n) is 6.41. The number of carbonyl (C=O) groups excluding carboxylic acids is 2. The average Bonchev–Trinajstić information content (AvgIpc) is 2.66. The van der Waals surface area contributed by atoms with E-state index in [1.165, 1.54) is 26.4 Å². The summed E-state index contributed by atoms with van der Waals surface area (Å²) in [5.41, 5.74) is 1.43. The van der Waals surface area contributed by atoms with Crippen LogP contribution in [-0.2, 0) is 9.59 Å². The van der Waals surface area contributed by atoms with Gasteiger partial charge in [0, 0.05) is 12.1 Å². The van der Waals surface area contributed by atoms with Gasteiger partial charge in [0.1, 0.15) is 6.54 Å². The number of carbonyl (C=O) groups is 3. The van der Waals surface area contributed by atoms with E-state index in [2.05, 4.69) is 5.32 Å². The largest absolute Gasteiger partial charge is 0.493 e. The Morgan fingerprint density at radius 3 is 2.52 bits per heavy atom. The fraction of sp³-hybridized carbons (Fsp3) is 0.250.